The lowest BCUT2D eigenvalue weighted by Crippen LogP contribution is -2.02. The Kier molecular flexibility index (Phi) is 5.42. The van der Waals surface area contributed by atoms with Crippen molar-refractivity contribution in [2.45, 2.75) is 6.92 Å². The number of hydrazone groups is 1. The zero-order chi connectivity index (χ0) is 11.6. The molecule has 0 aliphatic heterocycles. The summed E-state index contributed by atoms with van der Waals surface area (Å²) < 4.78 is 0. The molecule has 0 aliphatic rings. The molecule has 82 valence electrons. The lowest BCUT2D eigenvalue weighted by atomic mass is 10.2. The molecule has 16 heavy (non-hydrogen) atoms. The average molecular weight is 212 g/mol. The Balaban J connectivity index is 2.53. The van der Waals surface area contributed by atoms with Gasteiger partial charge in [0.1, 0.15) is 0 Å². The first-order valence-electron chi connectivity index (χ1n) is 5.16. The van der Waals surface area contributed by atoms with Crippen LogP contribution in [0.4, 0.5) is 0 Å². The van der Waals surface area contributed by atoms with Crippen molar-refractivity contribution in [3.05, 3.63) is 72.5 Å². The van der Waals surface area contributed by atoms with Crippen molar-refractivity contribution in [2.75, 3.05) is 0 Å². The maximum atomic E-state index is 4.14. The van der Waals surface area contributed by atoms with E-state index in [4.69, 9.17) is 0 Å². The molecule has 2 nitrogen and oxygen atoms in total. The standard InChI is InChI=1S/C14H16N2/c1-3-5-11-14(4-2)16-15-12-13-9-7-6-8-10-13/h3-12,16H,1H2,2H3/b11-5-,14-4+,15-12-. The number of hydrogen-bond acceptors (Lipinski definition) is 2. The highest BCUT2D eigenvalue weighted by molar-refractivity contribution is 5.79. The summed E-state index contributed by atoms with van der Waals surface area (Å²) in [6.07, 6.45) is 9.23. The fourth-order valence-electron chi connectivity index (χ4n) is 1.09. The molecular formula is C14H16N2. The average Bonchev–Trinajstić information content (AvgIpc) is 2.35. The molecule has 0 aromatic heterocycles. The Labute approximate surface area is 96.7 Å². The van der Waals surface area contributed by atoms with Crippen LogP contribution in [0.1, 0.15) is 12.5 Å². The predicted molar refractivity (Wildman–Crippen MR) is 70.3 cm³/mol. The maximum absolute atomic E-state index is 4.14. The van der Waals surface area contributed by atoms with E-state index in [1.165, 1.54) is 0 Å². The first-order valence-corrected chi connectivity index (χ1v) is 5.16. The summed E-state index contributed by atoms with van der Waals surface area (Å²) in [5.74, 6) is 0. The molecule has 1 N–H and O–H groups in total. The van der Waals surface area contributed by atoms with Crippen molar-refractivity contribution in [3.8, 4) is 0 Å². The zero-order valence-electron chi connectivity index (χ0n) is 9.43. The third-order valence-electron chi connectivity index (χ3n) is 1.93. The van der Waals surface area contributed by atoms with Crippen molar-refractivity contribution in [1.82, 2.24) is 5.43 Å². The summed E-state index contributed by atoms with van der Waals surface area (Å²) in [6.45, 7) is 5.57. The minimum Gasteiger partial charge on any atom is -0.279 e. The Bertz CT molecular complexity index is 400. The number of nitrogens with zero attached hydrogens (tertiary/aromatic N) is 1. The number of nitrogens with one attached hydrogen (secondary N) is 1. The Morgan fingerprint density at radius 2 is 2.06 bits per heavy atom. The van der Waals surface area contributed by atoms with Crippen LogP contribution < -0.4 is 5.43 Å². The van der Waals surface area contributed by atoms with E-state index < -0.39 is 0 Å². The minimum atomic E-state index is 0.937. The van der Waals surface area contributed by atoms with Gasteiger partial charge in [-0.2, -0.15) is 5.10 Å². The molecule has 2 heteroatoms. The van der Waals surface area contributed by atoms with Gasteiger partial charge < -0.3 is 0 Å². The second-order valence-electron chi connectivity index (χ2n) is 3.12. The van der Waals surface area contributed by atoms with Gasteiger partial charge in [-0.1, -0.05) is 55.1 Å². The second-order valence-corrected chi connectivity index (χ2v) is 3.12. The van der Waals surface area contributed by atoms with E-state index in [0.717, 1.165) is 11.3 Å². The lowest BCUT2D eigenvalue weighted by molar-refractivity contribution is 0.921. The van der Waals surface area contributed by atoms with Gasteiger partial charge in [0.2, 0.25) is 0 Å². The number of hydrogen-bond donors (Lipinski definition) is 1. The van der Waals surface area contributed by atoms with Gasteiger partial charge in [0.15, 0.2) is 0 Å². The van der Waals surface area contributed by atoms with Crippen LogP contribution in [0, 0.1) is 0 Å². The first kappa shape index (κ1) is 12.0. The molecule has 0 atom stereocenters. The van der Waals surface area contributed by atoms with Gasteiger partial charge in [0.25, 0.3) is 0 Å². The molecule has 1 rings (SSSR count). The summed E-state index contributed by atoms with van der Waals surface area (Å²) in [4.78, 5) is 0. The second kappa shape index (κ2) is 7.23. The molecule has 0 aliphatic carbocycles. The van der Waals surface area contributed by atoms with Gasteiger partial charge in [-0.25, -0.2) is 0 Å². The Morgan fingerprint density at radius 1 is 1.31 bits per heavy atom. The van der Waals surface area contributed by atoms with Gasteiger partial charge in [-0.3, -0.25) is 5.43 Å². The quantitative estimate of drug-likeness (QED) is 0.452. The molecule has 0 amide bonds. The van der Waals surface area contributed by atoms with Crippen molar-refractivity contribution >= 4 is 6.21 Å². The summed E-state index contributed by atoms with van der Waals surface area (Å²) >= 11 is 0. The molecule has 0 heterocycles. The van der Waals surface area contributed by atoms with Crippen molar-refractivity contribution in [3.63, 3.8) is 0 Å². The highest BCUT2D eigenvalue weighted by atomic mass is 15.3. The maximum Gasteiger partial charge on any atom is 0.0544 e. The van der Waals surface area contributed by atoms with Crippen LogP contribution >= 0.6 is 0 Å². The first-order chi connectivity index (χ1) is 7.86. The van der Waals surface area contributed by atoms with E-state index in [1.54, 1.807) is 12.3 Å². The number of rotatable bonds is 5. The van der Waals surface area contributed by atoms with E-state index in [9.17, 15) is 0 Å². The van der Waals surface area contributed by atoms with Crippen LogP contribution in [0.25, 0.3) is 0 Å². The highest BCUT2D eigenvalue weighted by Gasteiger charge is 1.85. The fourth-order valence-corrected chi connectivity index (χ4v) is 1.09. The normalized spacial score (nSPS) is 12.2. The smallest absolute Gasteiger partial charge is 0.0544 e. The SMILES string of the molecule is C=C/C=C\C(=C/C)N/N=C\c1ccccc1. The van der Waals surface area contributed by atoms with Crippen molar-refractivity contribution in [1.29, 1.82) is 0 Å². The third kappa shape index (κ3) is 4.42. The molecule has 0 bridgehead atoms. The van der Waals surface area contributed by atoms with Crippen LogP contribution in [0.5, 0.6) is 0 Å². The van der Waals surface area contributed by atoms with Crippen LogP contribution in [-0.4, -0.2) is 6.21 Å². The van der Waals surface area contributed by atoms with E-state index in [1.807, 2.05) is 55.5 Å². The Hall–Kier alpha value is -2.09. The van der Waals surface area contributed by atoms with Gasteiger partial charge in [0, 0.05) is 0 Å². The summed E-state index contributed by atoms with van der Waals surface area (Å²) in [5.41, 5.74) is 4.95. The van der Waals surface area contributed by atoms with Crippen LogP contribution in [0.3, 0.4) is 0 Å². The van der Waals surface area contributed by atoms with Crippen LogP contribution in [0.15, 0.2) is 72.0 Å². The fraction of sp³-hybridized carbons (Fsp3) is 0.0714. The zero-order valence-corrected chi connectivity index (χ0v) is 9.43. The van der Waals surface area contributed by atoms with E-state index >= 15 is 0 Å². The largest absolute Gasteiger partial charge is 0.279 e. The van der Waals surface area contributed by atoms with E-state index in [-0.39, 0.29) is 0 Å². The van der Waals surface area contributed by atoms with Gasteiger partial charge in [-0.05, 0) is 18.6 Å². The molecule has 0 fully saturated rings. The number of benzene rings is 1. The van der Waals surface area contributed by atoms with E-state index in [0.29, 0.717) is 0 Å². The van der Waals surface area contributed by atoms with Gasteiger partial charge >= 0.3 is 0 Å². The van der Waals surface area contributed by atoms with Gasteiger partial charge in [-0.15, -0.1) is 0 Å². The molecule has 0 spiro atoms. The topological polar surface area (TPSA) is 24.4 Å². The van der Waals surface area contributed by atoms with Crippen LogP contribution in [-0.2, 0) is 0 Å². The summed E-state index contributed by atoms with van der Waals surface area (Å²) in [6, 6.07) is 9.94. The predicted octanol–water partition coefficient (Wildman–Crippen LogP) is 3.26. The minimum absolute atomic E-state index is 0.937. The lowest BCUT2D eigenvalue weighted by Gasteiger charge is -1.98. The molecular weight excluding hydrogens is 196 g/mol. The van der Waals surface area contributed by atoms with Crippen LogP contribution in [0.2, 0.25) is 0 Å². The van der Waals surface area contributed by atoms with Gasteiger partial charge in [0.05, 0.1) is 11.9 Å². The van der Waals surface area contributed by atoms with E-state index in [2.05, 4.69) is 17.1 Å². The highest BCUT2D eigenvalue weighted by Crippen LogP contribution is 1.95. The summed E-state index contributed by atoms with van der Waals surface area (Å²) in [7, 11) is 0. The third-order valence-corrected chi connectivity index (χ3v) is 1.93. The molecule has 0 saturated heterocycles. The Morgan fingerprint density at radius 3 is 2.69 bits per heavy atom. The molecule has 0 saturated carbocycles. The number of allylic oxidation sites excluding steroid dienone is 4. The molecule has 1 aromatic rings. The van der Waals surface area contributed by atoms with Crippen molar-refractivity contribution in [2.24, 2.45) is 5.10 Å². The molecule has 1 aromatic carbocycles. The monoisotopic (exact) mass is 212 g/mol. The molecule has 0 radical (unpaired) electrons. The summed E-state index contributed by atoms with van der Waals surface area (Å²) in [5, 5.41) is 4.14. The molecule has 0 unspecified atom stereocenters. The van der Waals surface area contributed by atoms with Crippen molar-refractivity contribution < 1.29 is 0 Å².